The molecule has 0 unspecified atom stereocenters. The van der Waals surface area contributed by atoms with Crippen molar-refractivity contribution in [1.29, 1.82) is 0 Å². The lowest BCUT2D eigenvalue weighted by molar-refractivity contribution is -0.665. The van der Waals surface area contributed by atoms with Crippen LogP contribution in [-0.4, -0.2) is 6.54 Å². The second kappa shape index (κ2) is 8.89. The maximum absolute atomic E-state index is 2.40. The summed E-state index contributed by atoms with van der Waals surface area (Å²) in [6.45, 7) is 6.43. The van der Waals surface area contributed by atoms with E-state index in [9.17, 15) is 0 Å². The van der Waals surface area contributed by atoms with E-state index in [0.717, 1.165) is 25.9 Å². The van der Waals surface area contributed by atoms with E-state index in [4.69, 9.17) is 0 Å². The lowest BCUT2D eigenvalue weighted by Gasteiger charge is -2.17. The molecule has 0 amide bonds. The van der Waals surface area contributed by atoms with Crippen molar-refractivity contribution in [3.05, 3.63) is 94.0 Å². The number of thioether (sulfide) groups is 1. The molecule has 0 saturated carbocycles. The summed E-state index contributed by atoms with van der Waals surface area (Å²) in [5, 5.41) is 2.64. The van der Waals surface area contributed by atoms with Gasteiger partial charge in [-0.15, -0.1) is 0 Å². The number of fused-ring (bicyclic) bond motifs is 2. The zero-order valence-electron chi connectivity index (χ0n) is 18.0. The monoisotopic (exact) mass is 443 g/mol. The smallest absolute Gasteiger partial charge is 0.262 e. The van der Waals surface area contributed by atoms with E-state index in [2.05, 4.69) is 102 Å². The molecule has 1 aliphatic heterocycles. The Hall–Kier alpha value is -2.56. The summed E-state index contributed by atoms with van der Waals surface area (Å²) in [6.07, 6.45) is 13.8. The molecule has 0 atom stereocenters. The third kappa shape index (κ3) is 4.02. The number of aromatic nitrogens is 1. The van der Waals surface area contributed by atoms with Gasteiger partial charge >= 0.3 is 0 Å². The molecular formula is C27H27N2S2+. The molecule has 2 heterocycles. The fourth-order valence-electron chi connectivity index (χ4n) is 4.30. The lowest BCUT2D eigenvalue weighted by Crippen LogP contribution is -2.33. The van der Waals surface area contributed by atoms with Crippen molar-refractivity contribution in [2.75, 3.05) is 11.4 Å². The first-order valence-corrected chi connectivity index (χ1v) is 12.7. The van der Waals surface area contributed by atoms with Crippen molar-refractivity contribution < 1.29 is 4.57 Å². The maximum atomic E-state index is 2.40. The minimum Gasteiger partial charge on any atom is -0.335 e. The number of rotatable bonds is 5. The maximum Gasteiger partial charge on any atom is 0.262 e. The fraction of sp³-hybridized carbons (Fsp3) is 0.222. The Labute approximate surface area is 192 Å². The SMILES string of the molecule is CCN1C(=CC=C2C=C(C=Cc3sc4ccccc4[n+]3CC)CC2)Sc2ccccc21. The first-order chi connectivity index (χ1) is 15.3. The Bertz CT molecular complexity index is 1240. The molecule has 0 saturated heterocycles. The van der Waals surface area contributed by atoms with Gasteiger partial charge in [-0.1, -0.05) is 65.6 Å². The Balaban J connectivity index is 1.35. The molecule has 156 valence electrons. The highest BCUT2D eigenvalue weighted by Crippen LogP contribution is 2.45. The molecule has 4 heteroatoms. The number of hydrogen-bond donors (Lipinski definition) is 0. The Morgan fingerprint density at radius 2 is 1.81 bits per heavy atom. The van der Waals surface area contributed by atoms with Crippen LogP contribution in [0.15, 0.2) is 93.9 Å². The molecule has 0 radical (unpaired) electrons. The number of thiazole rings is 1. The van der Waals surface area contributed by atoms with Crippen LogP contribution in [0.3, 0.4) is 0 Å². The van der Waals surface area contributed by atoms with Crippen molar-refractivity contribution in [2.45, 2.75) is 38.1 Å². The summed E-state index contributed by atoms with van der Waals surface area (Å²) < 4.78 is 3.76. The number of allylic oxidation sites excluding steroid dienone is 6. The second-order valence-corrected chi connectivity index (χ2v) is 9.89. The van der Waals surface area contributed by atoms with Gasteiger partial charge in [-0.3, -0.25) is 0 Å². The minimum atomic E-state index is 0.995. The predicted molar refractivity (Wildman–Crippen MR) is 136 cm³/mol. The minimum absolute atomic E-state index is 0.995. The number of aryl methyl sites for hydroxylation is 1. The molecular weight excluding hydrogens is 416 g/mol. The van der Waals surface area contributed by atoms with Crippen LogP contribution in [0.1, 0.15) is 31.7 Å². The van der Waals surface area contributed by atoms with Crippen LogP contribution in [0.4, 0.5) is 5.69 Å². The van der Waals surface area contributed by atoms with Gasteiger partial charge in [0.1, 0.15) is 11.2 Å². The molecule has 2 aliphatic rings. The average Bonchev–Trinajstić information content (AvgIpc) is 3.50. The van der Waals surface area contributed by atoms with Gasteiger partial charge in [0.25, 0.3) is 5.01 Å². The first-order valence-electron chi connectivity index (χ1n) is 11.0. The zero-order chi connectivity index (χ0) is 21.2. The number of hydrogen-bond acceptors (Lipinski definition) is 3. The molecule has 3 aromatic rings. The van der Waals surface area contributed by atoms with Crippen LogP contribution < -0.4 is 9.47 Å². The summed E-state index contributed by atoms with van der Waals surface area (Å²) in [7, 11) is 0. The molecule has 0 spiro atoms. The predicted octanol–water partition coefficient (Wildman–Crippen LogP) is 7.34. The Morgan fingerprint density at radius 3 is 2.68 bits per heavy atom. The summed E-state index contributed by atoms with van der Waals surface area (Å²) in [5.74, 6) is 0. The molecule has 1 aliphatic carbocycles. The second-order valence-electron chi connectivity index (χ2n) is 7.77. The number of benzene rings is 2. The van der Waals surface area contributed by atoms with Crippen LogP contribution >= 0.6 is 23.1 Å². The first kappa shape index (κ1) is 20.3. The van der Waals surface area contributed by atoms with Gasteiger partial charge < -0.3 is 4.90 Å². The van der Waals surface area contributed by atoms with E-state index in [-0.39, 0.29) is 0 Å². The van der Waals surface area contributed by atoms with Gasteiger partial charge in [-0.05, 0) is 62.1 Å². The quantitative estimate of drug-likeness (QED) is 0.381. The van der Waals surface area contributed by atoms with Crippen molar-refractivity contribution in [1.82, 2.24) is 0 Å². The molecule has 2 aromatic carbocycles. The number of para-hydroxylation sites is 2. The standard InChI is InChI=1S/C27H27N2S2/c1-3-28-22-9-5-7-11-24(22)30-26(28)17-15-20-13-14-21(19-20)16-18-27-29(4-2)23-10-6-8-12-25(23)31-27/h5-12,15-19H,3-4,13-14H2,1-2H3/q+1. The van der Waals surface area contributed by atoms with Gasteiger partial charge in [-0.25, -0.2) is 0 Å². The van der Waals surface area contributed by atoms with Gasteiger partial charge in [0.05, 0.1) is 10.7 Å². The molecule has 0 fully saturated rings. The molecule has 31 heavy (non-hydrogen) atoms. The average molecular weight is 444 g/mol. The summed E-state index contributed by atoms with van der Waals surface area (Å²) in [6, 6.07) is 17.4. The number of anilines is 1. The molecule has 1 aromatic heterocycles. The van der Waals surface area contributed by atoms with Crippen molar-refractivity contribution in [2.24, 2.45) is 0 Å². The van der Waals surface area contributed by atoms with Crippen LogP contribution in [-0.2, 0) is 6.54 Å². The van der Waals surface area contributed by atoms with Crippen LogP contribution in [0.25, 0.3) is 16.3 Å². The highest BCUT2D eigenvalue weighted by molar-refractivity contribution is 8.03. The van der Waals surface area contributed by atoms with Crippen LogP contribution in [0, 0.1) is 0 Å². The normalized spacial score (nSPS) is 18.6. The largest absolute Gasteiger partial charge is 0.335 e. The Morgan fingerprint density at radius 1 is 0.968 bits per heavy atom. The van der Waals surface area contributed by atoms with Crippen molar-refractivity contribution >= 4 is 45.1 Å². The van der Waals surface area contributed by atoms with Gasteiger partial charge in [0.15, 0.2) is 0 Å². The molecule has 2 nitrogen and oxygen atoms in total. The van der Waals surface area contributed by atoms with Crippen LogP contribution in [0.2, 0.25) is 0 Å². The van der Waals surface area contributed by atoms with E-state index >= 15 is 0 Å². The highest BCUT2D eigenvalue weighted by atomic mass is 32.2. The van der Waals surface area contributed by atoms with E-state index in [0.29, 0.717) is 0 Å². The van der Waals surface area contributed by atoms with Gasteiger partial charge in [0.2, 0.25) is 5.52 Å². The lowest BCUT2D eigenvalue weighted by atomic mass is 10.2. The molecule has 0 N–H and O–H groups in total. The summed E-state index contributed by atoms with van der Waals surface area (Å²) in [5.41, 5.74) is 5.49. The summed E-state index contributed by atoms with van der Waals surface area (Å²) in [4.78, 5) is 3.76. The van der Waals surface area contributed by atoms with Crippen LogP contribution in [0.5, 0.6) is 0 Å². The van der Waals surface area contributed by atoms with E-state index < -0.39 is 0 Å². The molecule has 5 rings (SSSR count). The fourth-order valence-corrected chi connectivity index (χ4v) is 6.55. The van der Waals surface area contributed by atoms with E-state index in [1.165, 1.54) is 42.0 Å². The van der Waals surface area contributed by atoms with Crippen molar-refractivity contribution in [3.63, 3.8) is 0 Å². The number of nitrogens with zero attached hydrogens (tertiary/aromatic N) is 2. The highest BCUT2D eigenvalue weighted by Gasteiger charge is 2.22. The van der Waals surface area contributed by atoms with Gasteiger partial charge in [-0.2, -0.15) is 4.57 Å². The van der Waals surface area contributed by atoms with E-state index in [1.54, 1.807) is 0 Å². The Kier molecular flexibility index (Phi) is 5.84. The topological polar surface area (TPSA) is 7.12 Å². The zero-order valence-corrected chi connectivity index (χ0v) is 19.7. The third-order valence-electron chi connectivity index (χ3n) is 5.86. The van der Waals surface area contributed by atoms with Gasteiger partial charge in [0, 0.05) is 23.6 Å². The molecule has 0 bridgehead atoms. The van der Waals surface area contributed by atoms with E-state index in [1.807, 2.05) is 23.1 Å². The third-order valence-corrected chi connectivity index (χ3v) is 8.12. The van der Waals surface area contributed by atoms with Crippen molar-refractivity contribution in [3.8, 4) is 0 Å². The summed E-state index contributed by atoms with van der Waals surface area (Å²) >= 11 is 3.75.